The summed E-state index contributed by atoms with van der Waals surface area (Å²) in [4.78, 5) is 23.0. The summed E-state index contributed by atoms with van der Waals surface area (Å²) in [7, 11) is 0. The molecule has 1 amide bonds. The number of hydrogen-bond acceptors (Lipinski definition) is 7. The van der Waals surface area contributed by atoms with Gasteiger partial charge in [-0.3, -0.25) is 4.79 Å². The van der Waals surface area contributed by atoms with Crippen LogP contribution < -0.4 is 4.74 Å². The second-order valence-electron chi connectivity index (χ2n) is 7.98. The van der Waals surface area contributed by atoms with Gasteiger partial charge in [-0.25, -0.2) is 9.97 Å². The molecule has 2 aromatic rings. The van der Waals surface area contributed by atoms with Gasteiger partial charge in [0.25, 0.3) is 0 Å². The summed E-state index contributed by atoms with van der Waals surface area (Å²) in [5, 5.41) is 3.96. The average Bonchev–Trinajstić information content (AvgIpc) is 3.05. The van der Waals surface area contributed by atoms with Crippen molar-refractivity contribution in [3.63, 3.8) is 0 Å². The van der Waals surface area contributed by atoms with Gasteiger partial charge in [0, 0.05) is 50.3 Å². The number of carbonyl (C=O) groups is 1. The van der Waals surface area contributed by atoms with E-state index in [1.54, 1.807) is 18.5 Å². The minimum atomic E-state index is -0.212. The van der Waals surface area contributed by atoms with Crippen LogP contribution in [-0.2, 0) is 16.0 Å². The van der Waals surface area contributed by atoms with E-state index in [1.165, 1.54) is 0 Å². The maximum absolute atomic E-state index is 12.7. The molecule has 0 aliphatic carbocycles. The van der Waals surface area contributed by atoms with Crippen molar-refractivity contribution in [1.82, 2.24) is 20.0 Å². The highest BCUT2D eigenvalue weighted by atomic mass is 16.5. The van der Waals surface area contributed by atoms with E-state index in [2.05, 4.69) is 15.1 Å². The molecule has 0 N–H and O–H groups in total. The molecule has 2 saturated heterocycles. The molecule has 29 heavy (non-hydrogen) atoms. The Morgan fingerprint density at radius 2 is 2.03 bits per heavy atom. The second-order valence-corrected chi connectivity index (χ2v) is 7.98. The Balaban J connectivity index is 1.28. The Bertz CT molecular complexity index is 811. The van der Waals surface area contributed by atoms with Crippen LogP contribution in [-0.4, -0.2) is 57.3 Å². The third kappa shape index (κ3) is 4.58. The molecule has 2 fully saturated rings. The Labute approximate surface area is 170 Å². The molecule has 1 unspecified atom stereocenters. The molecule has 0 radical (unpaired) electrons. The third-order valence-corrected chi connectivity index (χ3v) is 6.06. The van der Waals surface area contributed by atoms with Crippen molar-refractivity contribution in [2.75, 3.05) is 19.7 Å². The van der Waals surface area contributed by atoms with Gasteiger partial charge in [0.05, 0.1) is 17.9 Å². The first-order valence-corrected chi connectivity index (χ1v) is 10.3. The van der Waals surface area contributed by atoms with Crippen molar-refractivity contribution >= 4 is 5.91 Å². The van der Waals surface area contributed by atoms with Gasteiger partial charge in [-0.2, -0.15) is 0 Å². The summed E-state index contributed by atoms with van der Waals surface area (Å²) in [5.74, 6) is 0.984. The molecule has 1 atom stereocenters. The quantitative estimate of drug-likeness (QED) is 0.762. The first-order chi connectivity index (χ1) is 14.0. The lowest BCUT2D eigenvalue weighted by atomic mass is 9.83. The van der Waals surface area contributed by atoms with E-state index in [4.69, 9.17) is 14.0 Å². The van der Waals surface area contributed by atoms with Crippen molar-refractivity contribution in [2.24, 2.45) is 0 Å². The predicted octanol–water partition coefficient (Wildman–Crippen LogP) is 2.63. The highest BCUT2D eigenvalue weighted by molar-refractivity contribution is 5.76. The predicted molar refractivity (Wildman–Crippen MR) is 104 cm³/mol. The number of nitrogens with zero attached hydrogens (tertiary/aromatic N) is 4. The Hall–Kier alpha value is -2.48. The molecule has 2 aliphatic heterocycles. The molecule has 0 aromatic carbocycles. The molecule has 4 heterocycles. The van der Waals surface area contributed by atoms with Crippen molar-refractivity contribution < 1.29 is 18.8 Å². The highest BCUT2D eigenvalue weighted by Gasteiger charge is 2.42. The van der Waals surface area contributed by atoms with Crippen molar-refractivity contribution in [3.8, 4) is 6.01 Å². The molecule has 8 nitrogen and oxygen atoms in total. The zero-order valence-electron chi connectivity index (χ0n) is 17.1. The van der Waals surface area contributed by atoms with Gasteiger partial charge in [-0.1, -0.05) is 5.16 Å². The van der Waals surface area contributed by atoms with Gasteiger partial charge in [0.15, 0.2) is 0 Å². The number of ether oxygens (including phenoxy) is 2. The molecule has 2 aliphatic rings. The molecule has 2 aromatic heterocycles. The van der Waals surface area contributed by atoms with Crippen molar-refractivity contribution in [2.45, 2.75) is 64.1 Å². The summed E-state index contributed by atoms with van der Waals surface area (Å²) in [6.45, 7) is 5.91. The number of piperidine rings is 1. The fourth-order valence-corrected chi connectivity index (χ4v) is 4.34. The number of aromatic nitrogens is 3. The summed E-state index contributed by atoms with van der Waals surface area (Å²) in [6, 6.07) is 2.19. The van der Waals surface area contributed by atoms with E-state index in [0.717, 1.165) is 55.8 Å². The second kappa shape index (κ2) is 8.49. The zero-order chi connectivity index (χ0) is 20.3. The van der Waals surface area contributed by atoms with Gasteiger partial charge in [0.2, 0.25) is 5.91 Å². The van der Waals surface area contributed by atoms with Crippen LogP contribution in [0.4, 0.5) is 0 Å². The number of aryl methyl sites for hydroxylation is 2. The van der Waals surface area contributed by atoms with Gasteiger partial charge >= 0.3 is 6.01 Å². The SMILES string of the molecule is Cc1noc(C)c1CCC(=O)N1CCC2(CC1)CC(Oc1ncccn1)CCO2. The fourth-order valence-electron chi connectivity index (χ4n) is 4.34. The van der Waals surface area contributed by atoms with Gasteiger partial charge in [-0.05, 0) is 39.2 Å². The van der Waals surface area contributed by atoms with Gasteiger partial charge in [0.1, 0.15) is 11.9 Å². The largest absolute Gasteiger partial charge is 0.460 e. The molecular formula is C21H28N4O4. The van der Waals surface area contributed by atoms with E-state index in [1.807, 2.05) is 18.7 Å². The summed E-state index contributed by atoms with van der Waals surface area (Å²) in [6.07, 6.45) is 7.88. The van der Waals surface area contributed by atoms with Crippen LogP contribution in [0.2, 0.25) is 0 Å². The number of carbonyl (C=O) groups excluding carboxylic acids is 1. The van der Waals surface area contributed by atoms with E-state index >= 15 is 0 Å². The molecule has 1 spiro atoms. The third-order valence-electron chi connectivity index (χ3n) is 6.06. The van der Waals surface area contributed by atoms with Crippen LogP contribution in [0, 0.1) is 13.8 Å². The number of hydrogen-bond donors (Lipinski definition) is 0. The average molecular weight is 400 g/mol. The first-order valence-electron chi connectivity index (χ1n) is 10.3. The maximum atomic E-state index is 12.7. The van der Waals surface area contributed by atoms with Gasteiger partial charge < -0.3 is 18.9 Å². The Kier molecular flexibility index (Phi) is 5.80. The number of amides is 1. The van der Waals surface area contributed by atoms with Crippen LogP contribution in [0.3, 0.4) is 0 Å². The fraction of sp³-hybridized carbons (Fsp3) is 0.619. The minimum absolute atomic E-state index is 0.0490. The van der Waals surface area contributed by atoms with E-state index < -0.39 is 0 Å². The van der Waals surface area contributed by atoms with Crippen LogP contribution in [0.1, 0.15) is 49.1 Å². The van der Waals surface area contributed by atoms with E-state index in [9.17, 15) is 4.79 Å². The Morgan fingerprint density at radius 3 is 2.72 bits per heavy atom. The summed E-state index contributed by atoms with van der Waals surface area (Å²) in [5.41, 5.74) is 1.71. The number of rotatable bonds is 5. The lowest BCUT2D eigenvalue weighted by Crippen LogP contribution is -2.52. The zero-order valence-corrected chi connectivity index (χ0v) is 17.1. The highest BCUT2D eigenvalue weighted by Crippen LogP contribution is 2.36. The normalized spacial score (nSPS) is 21.3. The van der Waals surface area contributed by atoms with Crippen molar-refractivity contribution in [3.05, 3.63) is 35.5 Å². The summed E-state index contributed by atoms with van der Waals surface area (Å²) < 4.78 is 17.3. The standard InChI is InChI=1S/C21H28N4O4/c1-15-18(16(2)29-24-15)4-5-19(26)25-11-7-21(8-12-25)14-17(6-13-27-21)28-20-22-9-3-10-23-20/h3,9-10,17H,4-8,11-14H2,1-2H3. The van der Waals surface area contributed by atoms with Crippen LogP contribution in [0.25, 0.3) is 0 Å². The molecular weight excluding hydrogens is 372 g/mol. The van der Waals surface area contributed by atoms with Crippen LogP contribution in [0.15, 0.2) is 23.0 Å². The first kappa shape index (κ1) is 19.8. The molecule has 4 rings (SSSR count). The molecule has 0 bridgehead atoms. The summed E-state index contributed by atoms with van der Waals surface area (Å²) >= 11 is 0. The molecule has 0 saturated carbocycles. The maximum Gasteiger partial charge on any atom is 0.316 e. The van der Waals surface area contributed by atoms with E-state index in [-0.39, 0.29) is 17.6 Å². The minimum Gasteiger partial charge on any atom is -0.460 e. The number of likely N-dealkylation sites (tertiary alicyclic amines) is 1. The van der Waals surface area contributed by atoms with Gasteiger partial charge in [-0.15, -0.1) is 0 Å². The topological polar surface area (TPSA) is 90.6 Å². The monoisotopic (exact) mass is 400 g/mol. The molecule has 156 valence electrons. The van der Waals surface area contributed by atoms with Crippen LogP contribution >= 0.6 is 0 Å². The Morgan fingerprint density at radius 1 is 1.28 bits per heavy atom. The smallest absolute Gasteiger partial charge is 0.316 e. The lowest BCUT2D eigenvalue weighted by Gasteiger charge is -2.45. The van der Waals surface area contributed by atoms with E-state index in [0.29, 0.717) is 25.5 Å². The van der Waals surface area contributed by atoms with Crippen LogP contribution in [0.5, 0.6) is 6.01 Å². The molecule has 8 heteroatoms. The van der Waals surface area contributed by atoms with Crippen molar-refractivity contribution in [1.29, 1.82) is 0 Å². The lowest BCUT2D eigenvalue weighted by molar-refractivity contribution is -0.151.